The number of aryl methyl sites for hydroxylation is 1. The van der Waals surface area contributed by atoms with Gasteiger partial charge in [0.05, 0.1) is 26.8 Å². The number of ketones is 1. The maximum atomic E-state index is 12.4. The maximum absolute atomic E-state index is 12.4. The fourth-order valence-corrected chi connectivity index (χ4v) is 4.50. The number of Topliss-reactive ketones (excluding diaryl/α,β-unsaturated/α-hetero) is 1. The molecule has 3 aromatic rings. The van der Waals surface area contributed by atoms with Crippen LogP contribution >= 0.6 is 23.1 Å². The van der Waals surface area contributed by atoms with Gasteiger partial charge in [-0.1, -0.05) is 29.5 Å². The van der Waals surface area contributed by atoms with Crippen molar-refractivity contribution in [3.8, 4) is 0 Å². The number of benzene rings is 2. The molecule has 0 atom stereocenters. The molecule has 0 saturated heterocycles. The van der Waals surface area contributed by atoms with Crippen molar-refractivity contribution in [3.05, 3.63) is 85.6 Å². The molecule has 0 spiro atoms. The molecule has 0 aliphatic carbocycles. The monoisotopic (exact) mass is 484 g/mol. The van der Waals surface area contributed by atoms with Crippen molar-refractivity contribution in [2.45, 2.75) is 30.2 Å². The van der Waals surface area contributed by atoms with Crippen LogP contribution in [0.1, 0.15) is 37.4 Å². The lowest BCUT2D eigenvalue weighted by molar-refractivity contribution is -0.387. The van der Waals surface area contributed by atoms with Crippen LogP contribution in [-0.4, -0.2) is 29.2 Å². The second-order valence-corrected chi connectivity index (χ2v) is 9.31. The Kier molecular flexibility index (Phi) is 7.96. The van der Waals surface area contributed by atoms with Crippen LogP contribution in [0.15, 0.2) is 64.4 Å². The summed E-state index contributed by atoms with van der Waals surface area (Å²) in [4.78, 5) is 49.1. The van der Waals surface area contributed by atoms with Crippen LogP contribution in [0.5, 0.6) is 0 Å². The average Bonchev–Trinajstić information content (AvgIpc) is 3.26. The largest absolute Gasteiger partial charge is 0.454 e. The lowest BCUT2D eigenvalue weighted by Gasteiger charge is -2.07. The summed E-state index contributed by atoms with van der Waals surface area (Å²) in [7, 11) is 0. The minimum Gasteiger partial charge on any atom is -0.454 e. The first-order valence-electron chi connectivity index (χ1n) is 9.79. The number of hydrogen-bond acceptors (Lipinski definition) is 8. The third kappa shape index (κ3) is 6.74. The Morgan fingerprint density at radius 1 is 1.09 bits per heavy atom. The van der Waals surface area contributed by atoms with Crippen molar-refractivity contribution >= 4 is 46.4 Å². The van der Waals surface area contributed by atoms with E-state index in [2.05, 4.69) is 5.32 Å². The summed E-state index contributed by atoms with van der Waals surface area (Å²) >= 11 is 2.42. The second-order valence-electron chi connectivity index (χ2n) is 7.03. The van der Waals surface area contributed by atoms with Gasteiger partial charge in [-0.25, -0.2) is 4.79 Å². The van der Waals surface area contributed by atoms with Crippen LogP contribution in [0.25, 0.3) is 0 Å². The summed E-state index contributed by atoms with van der Waals surface area (Å²) in [5, 5.41) is 14.2. The van der Waals surface area contributed by atoms with E-state index in [1.165, 1.54) is 42.2 Å². The molecule has 1 amide bonds. The highest BCUT2D eigenvalue weighted by Gasteiger charge is 2.20. The Balaban J connectivity index is 1.65. The van der Waals surface area contributed by atoms with Crippen LogP contribution in [-0.2, 0) is 16.1 Å². The van der Waals surface area contributed by atoms with Gasteiger partial charge in [-0.2, -0.15) is 0 Å². The molecule has 1 aromatic heterocycles. The molecule has 0 fully saturated rings. The summed E-state index contributed by atoms with van der Waals surface area (Å²) in [6.45, 7) is 3.17. The standard InChI is InChI=1S/C23H20N2O6S2/c1-14-3-6-17(7-4-14)32-21-9-5-16(11-19(21)25(29)30)23(28)31-13-20(27)22-10-8-18(33-22)12-24-15(2)26/h3-11H,12-13H2,1-2H3,(H,24,26). The highest BCUT2D eigenvalue weighted by molar-refractivity contribution is 7.99. The molecule has 33 heavy (non-hydrogen) atoms. The number of carbonyl (C=O) groups is 3. The normalized spacial score (nSPS) is 10.5. The van der Waals surface area contributed by atoms with Crippen molar-refractivity contribution in [1.82, 2.24) is 5.32 Å². The highest BCUT2D eigenvalue weighted by atomic mass is 32.2. The Morgan fingerprint density at radius 2 is 1.82 bits per heavy atom. The van der Waals surface area contributed by atoms with Crippen LogP contribution in [0, 0.1) is 17.0 Å². The van der Waals surface area contributed by atoms with Crippen LogP contribution < -0.4 is 5.32 Å². The molecule has 1 heterocycles. The van der Waals surface area contributed by atoms with Gasteiger partial charge in [0.15, 0.2) is 6.61 Å². The molecular formula is C23H20N2O6S2. The molecule has 2 aromatic carbocycles. The Hall–Kier alpha value is -3.50. The first kappa shape index (κ1) is 24.1. The number of rotatable bonds is 9. The van der Waals surface area contributed by atoms with E-state index < -0.39 is 23.3 Å². The molecule has 3 rings (SSSR count). The van der Waals surface area contributed by atoms with E-state index in [-0.39, 0.29) is 17.2 Å². The lowest BCUT2D eigenvalue weighted by Crippen LogP contribution is -2.18. The number of amides is 1. The minimum atomic E-state index is -0.826. The molecule has 0 saturated carbocycles. The average molecular weight is 485 g/mol. The SMILES string of the molecule is CC(=O)NCc1ccc(C(=O)COC(=O)c2ccc(Sc3ccc(C)cc3)c([N+](=O)[O-])c2)s1. The summed E-state index contributed by atoms with van der Waals surface area (Å²) in [6.07, 6.45) is 0. The fourth-order valence-electron chi connectivity index (χ4n) is 2.73. The van der Waals surface area contributed by atoms with Gasteiger partial charge in [0, 0.05) is 22.8 Å². The number of nitro benzene ring substituents is 1. The highest BCUT2D eigenvalue weighted by Crippen LogP contribution is 2.35. The summed E-state index contributed by atoms with van der Waals surface area (Å²) < 4.78 is 5.08. The quantitative estimate of drug-likeness (QED) is 0.201. The summed E-state index contributed by atoms with van der Waals surface area (Å²) in [5.41, 5.74) is 0.843. The van der Waals surface area contributed by atoms with Crippen molar-refractivity contribution < 1.29 is 24.0 Å². The minimum absolute atomic E-state index is 0.0136. The van der Waals surface area contributed by atoms with Crippen LogP contribution in [0.2, 0.25) is 0 Å². The fraction of sp³-hybridized carbons (Fsp3) is 0.174. The van der Waals surface area contributed by atoms with Crippen LogP contribution in [0.3, 0.4) is 0 Å². The zero-order valence-corrected chi connectivity index (χ0v) is 19.5. The smallest absolute Gasteiger partial charge is 0.338 e. The maximum Gasteiger partial charge on any atom is 0.338 e. The van der Waals surface area contributed by atoms with E-state index in [9.17, 15) is 24.5 Å². The van der Waals surface area contributed by atoms with Gasteiger partial charge in [0.2, 0.25) is 11.7 Å². The Morgan fingerprint density at radius 3 is 2.48 bits per heavy atom. The molecule has 10 heteroatoms. The first-order valence-corrected chi connectivity index (χ1v) is 11.4. The molecule has 0 aliphatic heterocycles. The number of nitrogens with zero attached hydrogens (tertiary/aromatic N) is 1. The third-order valence-corrected chi connectivity index (χ3v) is 6.62. The summed E-state index contributed by atoms with van der Waals surface area (Å²) in [6, 6.07) is 14.9. The topological polar surface area (TPSA) is 116 Å². The van der Waals surface area contributed by atoms with E-state index in [4.69, 9.17) is 4.74 Å². The lowest BCUT2D eigenvalue weighted by atomic mass is 10.2. The third-order valence-electron chi connectivity index (χ3n) is 4.42. The van der Waals surface area contributed by atoms with E-state index in [1.807, 2.05) is 31.2 Å². The van der Waals surface area contributed by atoms with Gasteiger partial charge in [-0.3, -0.25) is 19.7 Å². The number of hydrogen-bond donors (Lipinski definition) is 1. The molecule has 0 unspecified atom stereocenters. The first-order chi connectivity index (χ1) is 15.7. The van der Waals surface area contributed by atoms with E-state index in [0.717, 1.165) is 21.4 Å². The van der Waals surface area contributed by atoms with Gasteiger partial charge < -0.3 is 10.1 Å². The summed E-state index contributed by atoms with van der Waals surface area (Å²) in [5.74, 6) is -1.40. The predicted molar refractivity (Wildman–Crippen MR) is 125 cm³/mol. The molecule has 170 valence electrons. The predicted octanol–water partition coefficient (Wildman–Crippen LogP) is 4.79. The van der Waals surface area contributed by atoms with Gasteiger partial charge in [-0.05, 0) is 43.3 Å². The zero-order chi connectivity index (χ0) is 24.0. The van der Waals surface area contributed by atoms with Crippen LogP contribution in [0.4, 0.5) is 5.69 Å². The number of esters is 1. The molecule has 8 nitrogen and oxygen atoms in total. The molecular weight excluding hydrogens is 464 g/mol. The molecule has 0 aliphatic rings. The molecule has 0 radical (unpaired) electrons. The van der Waals surface area contributed by atoms with E-state index >= 15 is 0 Å². The van der Waals surface area contributed by atoms with Gasteiger partial charge in [0.25, 0.3) is 5.69 Å². The van der Waals surface area contributed by atoms with Crippen molar-refractivity contribution in [2.75, 3.05) is 6.61 Å². The van der Waals surface area contributed by atoms with Gasteiger partial charge in [-0.15, -0.1) is 11.3 Å². The number of ether oxygens (including phenoxy) is 1. The second kappa shape index (κ2) is 10.9. The number of nitro groups is 1. The number of carbonyl (C=O) groups excluding carboxylic acids is 3. The van der Waals surface area contributed by atoms with Crippen molar-refractivity contribution in [2.24, 2.45) is 0 Å². The Labute approximate surface area is 198 Å². The van der Waals surface area contributed by atoms with Gasteiger partial charge in [0.1, 0.15) is 0 Å². The molecule has 1 N–H and O–H groups in total. The zero-order valence-electron chi connectivity index (χ0n) is 17.8. The molecule has 0 bridgehead atoms. The number of thiophene rings is 1. The van der Waals surface area contributed by atoms with E-state index in [0.29, 0.717) is 16.3 Å². The van der Waals surface area contributed by atoms with Gasteiger partial charge >= 0.3 is 5.97 Å². The number of nitrogens with one attached hydrogen (secondary N) is 1. The van der Waals surface area contributed by atoms with Crippen molar-refractivity contribution in [3.63, 3.8) is 0 Å². The van der Waals surface area contributed by atoms with Crippen molar-refractivity contribution in [1.29, 1.82) is 0 Å². The Bertz CT molecular complexity index is 1200. The van der Waals surface area contributed by atoms with E-state index in [1.54, 1.807) is 12.1 Å².